The quantitative estimate of drug-likeness (QED) is 0.200. The SMILES string of the molecule is CCCc1nc2c(C)cc(-c3nc4ccccc4n3CCC)cc2n1Cc1ccc(-c2ccccc2C(=O)O)cc1. The van der Waals surface area contributed by atoms with Crippen LogP contribution in [0.2, 0.25) is 0 Å². The summed E-state index contributed by atoms with van der Waals surface area (Å²) in [5.74, 6) is 1.15. The highest BCUT2D eigenvalue weighted by molar-refractivity contribution is 5.96. The van der Waals surface area contributed by atoms with Crippen LogP contribution in [0, 0.1) is 6.92 Å². The van der Waals surface area contributed by atoms with Crippen LogP contribution in [0.4, 0.5) is 0 Å². The van der Waals surface area contributed by atoms with Crippen LogP contribution in [0.1, 0.15) is 54.0 Å². The number of aromatic nitrogens is 4. The molecule has 4 aromatic carbocycles. The van der Waals surface area contributed by atoms with Gasteiger partial charge in [0, 0.05) is 25.1 Å². The minimum absolute atomic E-state index is 0.309. The zero-order valence-electron chi connectivity index (χ0n) is 23.8. The van der Waals surface area contributed by atoms with Gasteiger partial charge in [-0.2, -0.15) is 0 Å². The number of para-hydroxylation sites is 2. The average Bonchev–Trinajstić information content (AvgIpc) is 3.52. The summed E-state index contributed by atoms with van der Waals surface area (Å²) in [4.78, 5) is 21.9. The molecular weight excluding hydrogens is 508 g/mol. The minimum Gasteiger partial charge on any atom is -0.478 e. The predicted molar refractivity (Wildman–Crippen MR) is 165 cm³/mol. The molecule has 2 heterocycles. The zero-order chi connectivity index (χ0) is 28.5. The van der Waals surface area contributed by atoms with Crippen molar-refractivity contribution in [3.63, 3.8) is 0 Å². The summed E-state index contributed by atoms with van der Waals surface area (Å²) in [6.07, 6.45) is 2.93. The Morgan fingerprint density at radius 1 is 0.805 bits per heavy atom. The highest BCUT2D eigenvalue weighted by Crippen LogP contribution is 2.32. The largest absolute Gasteiger partial charge is 0.478 e. The van der Waals surface area contributed by atoms with Crippen LogP contribution in [-0.4, -0.2) is 30.2 Å². The van der Waals surface area contributed by atoms with Gasteiger partial charge < -0.3 is 14.2 Å². The highest BCUT2D eigenvalue weighted by atomic mass is 16.4. The van der Waals surface area contributed by atoms with E-state index in [-0.39, 0.29) is 0 Å². The van der Waals surface area contributed by atoms with E-state index < -0.39 is 5.97 Å². The number of nitrogens with zero attached hydrogens (tertiary/aromatic N) is 4. The van der Waals surface area contributed by atoms with E-state index in [0.29, 0.717) is 12.1 Å². The summed E-state index contributed by atoms with van der Waals surface area (Å²) < 4.78 is 4.67. The first-order valence-electron chi connectivity index (χ1n) is 14.4. The molecule has 0 saturated carbocycles. The van der Waals surface area contributed by atoms with Crippen LogP contribution >= 0.6 is 0 Å². The summed E-state index contributed by atoms with van der Waals surface area (Å²) in [5.41, 5.74) is 9.62. The van der Waals surface area contributed by atoms with Crippen molar-refractivity contribution in [2.75, 3.05) is 0 Å². The highest BCUT2D eigenvalue weighted by Gasteiger charge is 2.18. The van der Waals surface area contributed by atoms with Gasteiger partial charge in [0.15, 0.2) is 0 Å². The molecule has 0 aliphatic carbocycles. The van der Waals surface area contributed by atoms with Crippen molar-refractivity contribution in [1.29, 1.82) is 0 Å². The Morgan fingerprint density at radius 2 is 1.56 bits per heavy atom. The lowest BCUT2D eigenvalue weighted by atomic mass is 9.98. The number of aromatic carboxylic acids is 1. The fraction of sp³-hybridized carbons (Fsp3) is 0.229. The summed E-state index contributed by atoms with van der Waals surface area (Å²) in [6.45, 7) is 8.11. The average molecular weight is 543 g/mol. The Bertz CT molecular complexity index is 1880. The molecule has 0 fully saturated rings. The second kappa shape index (κ2) is 11.0. The molecule has 0 aliphatic heterocycles. The van der Waals surface area contributed by atoms with E-state index in [2.05, 4.69) is 72.4 Å². The Kier molecular flexibility index (Phi) is 7.14. The molecule has 0 spiro atoms. The lowest BCUT2D eigenvalue weighted by molar-refractivity contribution is 0.0697. The Labute approximate surface area is 239 Å². The molecule has 0 atom stereocenters. The smallest absolute Gasteiger partial charge is 0.336 e. The maximum Gasteiger partial charge on any atom is 0.336 e. The van der Waals surface area contributed by atoms with Crippen molar-refractivity contribution < 1.29 is 9.90 Å². The number of benzene rings is 4. The Balaban J connectivity index is 1.43. The van der Waals surface area contributed by atoms with E-state index in [4.69, 9.17) is 9.97 Å². The van der Waals surface area contributed by atoms with Crippen LogP contribution in [0.15, 0.2) is 84.9 Å². The van der Waals surface area contributed by atoms with Crippen molar-refractivity contribution in [3.8, 4) is 22.5 Å². The van der Waals surface area contributed by atoms with E-state index in [1.807, 2.05) is 30.3 Å². The van der Waals surface area contributed by atoms with Gasteiger partial charge in [-0.3, -0.25) is 0 Å². The molecule has 0 radical (unpaired) electrons. The van der Waals surface area contributed by atoms with Gasteiger partial charge in [0.05, 0.1) is 27.6 Å². The zero-order valence-corrected chi connectivity index (χ0v) is 23.8. The molecular formula is C35H34N4O2. The van der Waals surface area contributed by atoms with Crippen LogP contribution in [0.3, 0.4) is 0 Å². The number of carboxylic acid groups (broad SMARTS) is 1. The van der Waals surface area contributed by atoms with Crippen LogP contribution in [0.5, 0.6) is 0 Å². The maximum atomic E-state index is 11.7. The molecule has 0 unspecified atom stereocenters. The number of carbonyl (C=O) groups is 1. The standard InChI is InChI=1S/C35H34N4O2/c1-4-10-32-37-33-23(3)20-26(34-36-29-13-8-9-14-30(29)38(34)19-5-2)21-31(33)39(32)22-24-15-17-25(18-16-24)27-11-6-7-12-28(27)35(40)41/h6-9,11-18,20-21H,4-5,10,19,22H2,1-3H3,(H,40,41). The van der Waals surface area contributed by atoms with E-state index in [1.54, 1.807) is 12.1 Å². The van der Waals surface area contributed by atoms with Crippen LogP contribution in [0.25, 0.3) is 44.6 Å². The topological polar surface area (TPSA) is 72.9 Å². The molecule has 6 rings (SSSR count). The van der Waals surface area contributed by atoms with Crippen molar-refractivity contribution in [2.45, 2.75) is 53.1 Å². The second-order valence-corrected chi connectivity index (χ2v) is 10.6. The molecule has 1 N–H and O–H groups in total. The first-order valence-corrected chi connectivity index (χ1v) is 14.4. The molecule has 6 aromatic rings. The molecule has 6 heteroatoms. The maximum absolute atomic E-state index is 11.7. The fourth-order valence-electron chi connectivity index (χ4n) is 5.80. The Morgan fingerprint density at radius 3 is 2.32 bits per heavy atom. The molecule has 2 aromatic heterocycles. The predicted octanol–water partition coefficient (Wildman–Crippen LogP) is 8.14. The third-order valence-corrected chi connectivity index (χ3v) is 7.72. The van der Waals surface area contributed by atoms with Gasteiger partial charge in [0.25, 0.3) is 0 Å². The van der Waals surface area contributed by atoms with Crippen LogP contribution in [-0.2, 0) is 19.5 Å². The molecule has 6 nitrogen and oxygen atoms in total. The molecule has 0 aliphatic rings. The molecule has 206 valence electrons. The number of fused-ring (bicyclic) bond motifs is 2. The lowest BCUT2D eigenvalue weighted by Crippen LogP contribution is -2.06. The molecule has 0 amide bonds. The van der Waals surface area contributed by atoms with Gasteiger partial charge in [-0.1, -0.05) is 68.4 Å². The minimum atomic E-state index is -0.919. The van der Waals surface area contributed by atoms with Crippen molar-refractivity contribution >= 4 is 28.0 Å². The van der Waals surface area contributed by atoms with Gasteiger partial charge in [0.1, 0.15) is 11.6 Å². The Hall–Kier alpha value is -4.71. The van der Waals surface area contributed by atoms with Crippen molar-refractivity contribution in [2.24, 2.45) is 0 Å². The van der Waals surface area contributed by atoms with Gasteiger partial charge in [0.2, 0.25) is 0 Å². The van der Waals surface area contributed by atoms with Crippen LogP contribution < -0.4 is 0 Å². The van der Waals surface area contributed by atoms with Crippen molar-refractivity contribution in [3.05, 3.63) is 107 Å². The van der Waals surface area contributed by atoms with Gasteiger partial charge in [-0.15, -0.1) is 0 Å². The number of aryl methyl sites for hydroxylation is 3. The number of carboxylic acids is 1. The number of rotatable bonds is 9. The van der Waals surface area contributed by atoms with Gasteiger partial charge in [-0.05, 0) is 72.4 Å². The normalized spacial score (nSPS) is 11.5. The second-order valence-electron chi connectivity index (χ2n) is 10.6. The van der Waals surface area contributed by atoms with E-state index >= 15 is 0 Å². The first-order chi connectivity index (χ1) is 20.0. The van der Waals surface area contributed by atoms with Gasteiger partial charge in [-0.25, -0.2) is 14.8 Å². The number of imidazole rings is 2. The number of hydrogen-bond acceptors (Lipinski definition) is 3. The summed E-state index contributed by atoms with van der Waals surface area (Å²) in [7, 11) is 0. The molecule has 41 heavy (non-hydrogen) atoms. The number of hydrogen-bond donors (Lipinski definition) is 1. The van der Waals surface area contributed by atoms with E-state index in [1.165, 1.54) is 0 Å². The summed E-state index contributed by atoms with van der Waals surface area (Å²) in [6, 6.07) is 28.2. The van der Waals surface area contributed by atoms with E-state index in [9.17, 15) is 9.90 Å². The monoisotopic (exact) mass is 542 g/mol. The molecule has 0 bridgehead atoms. The third kappa shape index (κ3) is 4.91. The van der Waals surface area contributed by atoms with Crippen molar-refractivity contribution in [1.82, 2.24) is 19.1 Å². The fourth-order valence-corrected chi connectivity index (χ4v) is 5.80. The third-order valence-electron chi connectivity index (χ3n) is 7.72. The van der Waals surface area contributed by atoms with Gasteiger partial charge >= 0.3 is 5.97 Å². The molecule has 0 saturated heterocycles. The van der Waals surface area contributed by atoms with E-state index in [0.717, 1.165) is 87.3 Å². The summed E-state index contributed by atoms with van der Waals surface area (Å²) in [5, 5.41) is 9.63. The summed E-state index contributed by atoms with van der Waals surface area (Å²) >= 11 is 0. The lowest BCUT2D eigenvalue weighted by Gasteiger charge is -2.13. The first kappa shape index (κ1) is 26.5.